The molecule has 1 fully saturated rings. The van der Waals surface area contributed by atoms with Crippen molar-refractivity contribution in [2.75, 3.05) is 0 Å². The topological polar surface area (TPSA) is 56.2 Å². The number of aromatic nitrogens is 2. The molecule has 2 heterocycles. The van der Waals surface area contributed by atoms with Crippen LogP contribution in [-0.2, 0) is 13.1 Å². The molecule has 0 amide bonds. The first-order chi connectivity index (χ1) is 14.2. The molecule has 2 aromatic carbocycles. The van der Waals surface area contributed by atoms with Crippen LogP contribution in [0.5, 0.6) is 0 Å². The van der Waals surface area contributed by atoms with Gasteiger partial charge in [0.25, 0.3) is 0 Å². The van der Waals surface area contributed by atoms with E-state index >= 15 is 0 Å². The largest absolute Gasteiger partial charge is 0.382 e. The third-order valence-electron chi connectivity index (χ3n) is 5.85. The van der Waals surface area contributed by atoms with E-state index in [-0.39, 0.29) is 0 Å². The number of hydrogen-bond acceptors (Lipinski definition) is 3. The van der Waals surface area contributed by atoms with Gasteiger partial charge in [-0.1, -0.05) is 74.4 Å². The van der Waals surface area contributed by atoms with Gasteiger partial charge in [-0.2, -0.15) is 0 Å². The lowest BCUT2D eigenvalue weighted by Gasteiger charge is -2.24. The summed E-state index contributed by atoms with van der Waals surface area (Å²) in [6, 6.07) is 17.5. The minimum absolute atomic E-state index is 0.569. The zero-order valence-corrected chi connectivity index (χ0v) is 17.7. The Morgan fingerprint density at radius 2 is 1.59 bits per heavy atom. The summed E-state index contributed by atoms with van der Waals surface area (Å²) in [6.07, 6.45) is 4.70. The van der Waals surface area contributed by atoms with Crippen molar-refractivity contribution in [1.29, 1.82) is 0 Å². The molecule has 0 radical (unpaired) electrons. The highest BCUT2D eigenvalue weighted by Crippen LogP contribution is 2.39. The summed E-state index contributed by atoms with van der Waals surface area (Å²) in [5, 5.41) is 0. The second kappa shape index (κ2) is 8.24. The SMILES string of the molecule is CC.Cc1ccc(Cc2ccc(-c3nc(C4CCC4)n4c3C(N)=NC4)cc2)cc1. The molecule has 1 aliphatic heterocycles. The molecule has 1 aromatic heterocycles. The number of nitrogens with two attached hydrogens (primary N) is 1. The molecular formula is C25H30N4. The van der Waals surface area contributed by atoms with Crippen LogP contribution in [0.4, 0.5) is 0 Å². The molecular weight excluding hydrogens is 356 g/mol. The van der Waals surface area contributed by atoms with Gasteiger partial charge in [0.15, 0.2) is 0 Å². The maximum Gasteiger partial charge on any atom is 0.146 e. The summed E-state index contributed by atoms with van der Waals surface area (Å²) < 4.78 is 2.22. The van der Waals surface area contributed by atoms with E-state index in [9.17, 15) is 0 Å². The predicted octanol–water partition coefficient (Wildman–Crippen LogP) is 5.42. The van der Waals surface area contributed by atoms with E-state index in [1.807, 2.05) is 13.8 Å². The van der Waals surface area contributed by atoms with Crippen LogP contribution in [0.2, 0.25) is 0 Å². The van der Waals surface area contributed by atoms with Crippen molar-refractivity contribution in [3.8, 4) is 11.3 Å². The first-order valence-corrected chi connectivity index (χ1v) is 10.7. The summed E-state index contributed by atoms with van der Waals surface area (Å²) in [5.41, 5.74) is 13.2. The van der Waals surface area contributed by atoms with Gasteiger partial charge in [0.05, 0.1) is 5.69 Å². The molecule has 29 heavy (non-hydrogen) atoms. The minimum atomic E-state index is 0.569. The number of imidazole rings is 1. The molecule has 0 spiro atoms. The zero-order valence-electron chi connectivity index (χ0n) is 17.7. The van der Waals surface area contributed by atoms with Crippen molar-refractivity contribution in [2.24, 2.45) is 10.7 Å². The summed E-state index contributed by atoms with van der Waals surface area (Å²) in [7, 11) is 0. The van der Waals surface area contributed by atoms with Crippen LogP contribution < -0.4 is 5.73 Å². The van der Waals surface area contributed by atoms with E-state index in [2.05, 4.69) is 65.0 Å². The number of fused-ring (bicyclic) bond motifs is 1. The van der Waals surface area contributed by atoms with Gasteiger partial charge in [0.2, 0.25) is 0 Å². The standard InChI is InChI=1S/C23H24N4.C2H6/c1-15-5-7-16(8-6-15)13-17-9-11-18(12-10-17)20-21-22(24)25-14-27(21)23(26-20)19-3-2-4-19;1-2/h5-12,19H,2-4,13-14H2,1H3,(H2,24,25);1-2H3. The Balaban J connectivity index is 0.000000994. The molecule has 1 aliphatic carbocycles. The van der Waals surface area contributed by atoms with Crippen LogP contribution in [-0.4, -0.2) is 15.4 Å². The molecule has 150 valence electrons. The molecule has 4 heteroatoms. The van der Waals surface area contributed by atoms with Crippen molar-refractivity contribution < 1.29 is 0 Å². The molecule has 0 bridgehead atoms. The van der Waals surface area contributed by atoms with Gasteiger partial charge in [0, 0.05) is 11.5 Å². The number of benzene rings is 2. The highest BCUT2D eigenvalue weighted by Gasteiger charge is 2.31. The van der Waals surface area contributed by atoms with Crippen molar-refractivity contribution >= 4 is 5.84 Å². The Morgan fingerprint density at radius 1 is 0.966 bits per heavy atom. The lowest BCUT2D eigenvalue weighted by molar-refractivity contribution is 0.389. The molecule has 2 aliphatic rings. The number of nitrogens with zero attached hydrogens (tertiary/aromatic N) is 3. The molecule has 2 N–H and O–H groups in total. The summed E-state index contributed by atoms with van der Waals surface area (Å²) in [4.78, 5) is 9.45. The van der Waals surface area contributed by atoms with Crippen LogP contribution in [0.25, 0.3) is 11.3 Å². The first kappa shape index (κ1) is 19.4. The van der Waals surface area contributed by atoms with Gasteiger partial charge < -0.3 is 10.3 Å². The third kappa shape index (κ3) is 3.71. The molecule has 4 nitrogen and oxygen atoms in total. The maximum absolute atomic E-state index is 6.19. The highest BCUT2D eigenvalue weighted by molar-refractivity contribution is 6.02. The van der Waals surface area contributed by atoms with Crippen LogP contribution in [0.1, 0.15) is 67.2 Å². The number of hydrogen-bond donors (Lipinski definition) is 1. The predicted molar refractivity (Wildman–Crippen MR) is 120 cm³/mol. The van der Waals surface area contributed by atoms with Gasteiger partial charge in [-0.25, -0.2) is 9.98 Å². The Morgan fingerprint density at radius 3 is 2.17 bits per heavy atom. The fourth-order valence-electron chi connectivity index (χ4n) is 4.00. The number of amidine groups is 1. The van der Waals surface area contributed by atoms with Crippen LogP contribution in [0.15, 0.2) is 53.5 Å². The Hall–Kier alpha value is -2.88. The average molecular weight is 387 g/mol. The zero-order chi connectivity index (χ0) is 20.4. The lowest BCUT2D eigenvalue weighted by atomic mass is 9.85. The van der Waals surface area contributed by atoms with Crippen LogP contribution in [0, 0.1) is 6.92 Å². The van der Waals surface area contributed by atoms with Crippen molar-refractivity contribution in [3.63, 3.8) is 0 Å². The van der Waals surface area contributed by atoms with Crippen molar-refractivity contribution in [3.05, 3.63) is 76.7 Å². The minimum Gasteiger partial charge on any atom is -0.382 e. The van der Waals surface area contributed by atoms with Gasteiger partial charge in [-0.3, -0.25) is 0 Å². The molecule has 0 unspecified atom stereocenters. The van der Waals surface area contributed by atoms with Crippen molar-refractivity contribution in [1.82, 2.24) is 9.55 Å². The second-order valence-electron chi connectivity index (χ2n) is 7.77. The smallest absolute Gasteiger partial charge is 0.146 e. The highest BCUT2D eigenvalue weighted by atomic mass is 15.2. The summed E-state index contributed by atoms with van der Waals surface area (Å²) >= 11 is 0. The quantitative estimate of drug-likeness (QED) is 0.651. The van der Waals surface area contributed by atoms with E-state index in [0.717, 1.165) is 23.4 Å². The number of aliphatic imine (C=N–C) groups is 1. The van der Waals surface area contributed by atoms with E-state index in [4.69, 9.17) is 10.7 Å². The van der Waals surface area contributed by atoms with Gasteiger partial charge >= 0.3 is 0 Å². The molecule has 1 saturated carbocycles. The normalized spacial score (nSPS) is 15.2. The van der Waals surface area contributed by atoms with Crippen LogP contribution in [0.3, 0.4) is 0 Å². The lowest BCUT2D eigenvalue weighted by Crippen LogP contribution is -2.16. The average Bonchev–Trinajstić information content (AvgIpc) is 3.26. The first-order valence-electron chi connectivity index (χ1n) is 10.7. The maximum atomic E-state index is 6.19. The van der Waals surface area contributed by atoms with E-state index in [1.54, 1.807) is 0 Å². The monoisotopic (exact) mass is 386 g/mol. The number of aryl methyl sites for hydroxylation is 1. The van der Waals surface area contributed by atoms with Crippen LogP contribution >= 0.6 is 0 Å². The molecule has 0 saturated heterocycles. The second-order valence-corrected chi connectivity index (χ2v) is 7.77. The van der Waals surface area contributed by atoms with E-state index < -0.39 is 0 Å². The Bertz CT molecular complexity index is 1010. The van der Waals surface area contributed by atoms with Crippen molar-refractivity contribution in [2.45, 2.75) is 59.0 Å². The summed E-state index contributed by atoms with van der Waals surface area (Å²) in [5.74, 6) is 2.35. The fourth-order valence-corrected chi connectivity index (χ4v) is 4.00. The van der Waals surface area contributed by atoms with E-state index in [0.29, 0.717) is 18.4 Å². The summed E-state index contributed by atoms with van der Waals surface area (Å²) in [6.45, 7) is 6.74. The van der Waals surface area contributed by atoms with Gasteiger partial charge in [0.1, 0.15) is 24.0 Å². The molecule has 5 rings (SSSR count). The Kier molecular flexibility index (Phi) is 5.52. The number of rotatable bonds is 4. The molecule has 0 atom stereocenters. The van der Waals surface area contributed by atoms with E-state index in [1.165, 1.54) is 41.8 Å². The fraction of sp³-hybridized carbons (Fsp3) is 0.360. The Labute approximate surface area is 173 Å². The third-order valence-corrected chi connectivity index (χ3v) is 5.85. The van der Waals surface area contributed by atoms with Gasteiger partial charge in [-0.15, -0.1) is 0 Å². The van der Waals surface area contributed by atoms with Gasteiger partial charge in [-0.05, 0) is 37.3 Å². The molecule has 3 aromatic rings.